The second-order valence-electron chi connectivity index (χ2n) is 3.89. The highest BCUT2D eigenvalue weighted by molar-refractivity contribution is 5.81. The van der Waals surface area contributed by atoms with Crippen molar-refractivity contribution in [1.29, 1.82) is 0 Å². The summed E-state index contributed by atoms with van der Waals surface area (Å²) in [7, 11) is 3.52. The molecule has 1 amide bonds. The predicted molar refractivity (Wildman–Crippen MR) is 66.5 cm³/mol. The third-order valence-corrected chi connectivity index (χ3v) is 2.24. The zero-order chi connectivity index (χ0) is 13.3. The molecule has 0 radical (unpaired) electrons. The van der Waals surface area contributed by atoms with Gasteiger partial charge in [0.1, 0.15) is 0 Å². The molecule has 0 aliphatic carbocycles. The number of nitrogens with zero attached hydrogens (tertiary/aromatic N) is 1. The van der Waals surface area contributed by atoms with Crippen LogP contribution in [0.25, 0.3) is 0 Å². The normalized spacial score (nSPS) is 12.8. The van der Waals surface area contributed by atoms with Crippen LogP contribution in [0.4, 0.5) is 0 Å². The van der Waals surface area contributed by atoms with Crippen LogP contribution in [0, 0.1) is 5.92 Å². The molecule has 0 aromatic rings. The van der Waals surface area contributed by atoms with Gasteiger partial charge in [0.25, 0.3) is 0 Å². The van der Waals surface area contributed by atoms with Crippen LogP contribution >= 0.6 is 0 Å². The van der Waals surface area contributed by atoms with Crippen molar-refractivity contribution in [2.24, 2.45) is 5.92 Å². The Kier molecular flexibility index (Phi) is 8.05. The average molecular weight is 242 g/mol. The lowest BCUT2D eigenvalue weighted by atomic mass is 10.1. The molecule has 1 unspecified atom stereocenters. The molecule has 0 aliphatic heterocycles. The lowest BCUT2D eigenvalue weighted by Gasteiger charge is -2.18. The van der Waals surface area contributed by atoms with Crippen LogP contribution in [0.2, 0.25) is 0 Å². The Morgan fingerprint density at radius 3 is 2.65 bits per heavy atom. The Labute approximate surface area is 103 Å². The monoisotopic (exact) mass is 242 g/mol. The highest BCUT2D eigenvalue weighted by Crippen LogP contribution is 1.98. The summed E-state index contributed by atoms with van der Waals surface area (Å²) >= 11 is 0. The Morgan fingerprint density at radius 1 is 1.47 bits per heavy atom. The van der Waals surface area contributed by atoms with E-state index in [0.29, 0.717) is 19.7 Å². The third kappa shape index (κ3) is 7.52. The van der Waals surface area contributed by atoms with E-state index in [1.54, 1.807) is 20.0 Å². The van der Waals surface area contributed by atoms with E-state index in [1.807, 2.05) is 18.9 Å². The molecule has 1 atom stereocenters. The maximum Gasteiger partial charge on any atom is 0.330 e. The summed E-state index contributed by atoms with van der Waals surface area (Å²) in [5, 5.41) is 2.60. The summed E-state index contributed by atoms with van der Waals surface area (Å²) in [6.07, 6.45) is 3.14. The highest BCUT2D eigenvalue weighted by atomic mass is 16.5. The van der Waals surface area contributed by atoms with Crippen LogP contribution in [0.5, 0.6) is 0 Å². The molecule has 17 heavy (non-hydrogen) atoms. The van der Waals surface area contributed by atoms with Crippen molar-refractivity contribution in [3.05, 3.63) is 12.2 Å². The van der Waals surface area contributed by atoms with E-state index in [4.69, 9.17) is 4.74 Å². The third-order valence-electron chi connectivity index (χ3n) is 2.24. The number of hydrogen-bond donors (Lipinski definition) is 1. The fraction of sp³-hybridized carbons (Fsp3) is 0.667. The molecule has 0 bridgehead atoms. The van der Waals surface area contributed by atoms with E-state index < -0.39 is 0 Å². The van der Waals surface area contributed by atoms with Gasteiger partial charge in [-0.1, -0.05) is 13.0 Å². The van der Waals surface area contributed by atoms with Gasteiger partial charge >= 0.3 is 5.97 Å². The minimum atomic E-state index is -0.333. The van der Waals surface area contributed by atoms with Gasteiger partial charge in [0.2, 0.25) is 5.91 Å². The van der Waals surface area contributed by atoms with Gasteiger partial charge in [-0.15, -0.1) is 0 Å². The van der Waals surface area contributed by atoms with Gasteiger partial charge in [-0.05, 0) is 14.0 Å². The van der Waals surface area contributed by atoms with Gasteiger partial charge < -0.3 is 15.0 Å². The van der Waals surface area contributed by atoms with E-state index >= 15 is 0 Å². The molecule has 0 aromatic heterocycles. The van der Waals surface area contributed by atoms with Crippen molar-refractivity contribution in [2.45, 2.75) is 13.8 Å². The SMILES string of the molecule is CCOC(=O)/C=C/CN(C)CC(C)C(=O)NC. The zero-order valence-corrected chi connectivity index (χ0v) is 11.0. The second-order valence-corrected chi connectivity index (χ2v) is 3.89. The number of carbonyl (C=O) groups excluding carboxylic acids is 2. The first-order chi connectivity index (χ1) is 8.01. The summed E-state index contributed by atoms with van der Waals surface area (Å²) in [5.41, 5.74) is 0. The molecule has 0 saturated heterocycles. The number of ether oxygens (including phenoxy) is 1. The fourth-order valence-corrected chi connectivity index (χ4v) is 1.39. The second kappa shape index (κ2) is 8.75. The number of likely N-dealkylation sites (N-methyl/N-ethyl adjacent to an activating group) is 1. The van der Waals surface area contributed by atoms with E-state index in [2.05, 4.69) is 5.32 Å². The molecule has 98 valence electrons. The van der Waals surface area contributed by atoms with Crippen molar-refractivity contribution >= 4 is 11.9 Å². The summed E-state index contributed by atoms with van der Waals surface area (Å²) in [5.74, 6) is -0.382. The van der Waals surface area contributed by atoms with Crippen molar-refractivity contribution in [1.82, 2.24) is 10.2 Å². The zero-order valence-electron chi connectivity index (χ0n) is 11.0. The van der Waals surface area contributed by atoms with E-state index in [0.717, 1.165) is 0 Å². The van der Waals surface area contributed by atoms with Crippen LogP contribution in [0.15, 0.2) is 12.2 Å². The molecule has 0 saturated carbocycles. The van der Waals surface area contributed by atoms with Crippen molar-refractivity contribution < 1.29 is 14.3 Å². The first-order valence-electron chi connectivity index (χ1n) is 5.74. The van der Waals surface area contributed by atoms with Gasteiger partial charge in [-0.25, -0.2) is 4.79 Å². The van der Waals surface area contributed by atoms with Crippen molar-refractivity contribution in [3.63, 3.8) is 0 Å². The maximum absolute atomic E-state index is 11.3. The molecule has 1 N–H and O–H groups in total. The number of esters is 1. The van der Waals surface area contributed by atoms with Crippen LogP contribution in [0.1, 0.15) is 13.8 Å². The molecule has 5 heteroatoms. The largest absolute Gasteiger partial charge is 0.463 e. The molecule has 5 nitrogen and oxygen atoms in total. The summed E-state index contributed by atoms with van der Waals surface area (Å²) in [6.45, 7) is 5.27. The Balaban J connectivity index is 3.90. The first-order valence-corrected chi connectivity index (χ1v) is 5.74. The number of amides is 1. The molecule has 0 aliphatic rings. The van der Waals surface area contributed by atoms with Crippen molar-refractivity contribution in [3.8, 4) is 0 Å². The summed E-state index contributed by atoms with van der Waals surface area (Å²) < 4.78 is 4.75. The highest BCUT2D eigenvalue weighted by Gasteiger charge is 2.12. The van der Waals surface area contributed by atoms with E-state index in [-0.39, 0.29) is 17.8 Å². The number of carbonyl (C=O) groups is 2. The van der Waals surface area contributed by atoms with Crippen molar-refractivity contribution in [2.75, 3.05) is 33.8 Å². The van der Waals surface area contributed by atoms with E-state index in [9.17, 15) is 9.59 Å². The number of rotatable bonds is 7. The maximum atomic E-state index is 11.3. The number of nitrogens with one attached hydrogen (secondary N) is 1. The van der Waals surface area contributed by atoms with Gasteiger partial charge in [0.05, 0.1) is 6.61 Å². The molecule has 0 spiro atoms. The summed E-state index contributed by atoms with van der Waals surface area (Å²) in [4.78, 5) is 24.3. The van der Waals surface area contributed by atoms with Crippen LogP contribution in [-0.2, 0) is 14.3 Å². The average Bonchev–Trinajstić information content (AvgIpc) is 2.28. The standard InChI is InChI=1S/C12H22N2O3/c1-5-17-11(15)7-6-8-14(4)9-10(2)12(16)13-3/h6-7,10H,5,8-9H2,1-4H3,(H,13,16)/b7-6+. The molecular formula is C12H22N2O3. The minimum absolute atomic E-state index is 0.0197. The van der Waals surface area contributed by atoms with Gasteiger partial charge in [-0.3, -0.25) is 4.79 Å². The Morgan fingerprint density at radius 2 is 2.12 bits per heavy atom. The predicted octanol–water partition coefficient (Wildman–Crippen LogP) is 0.420. The molecule has 0 rings (SSSR count). The smallest absolute Gasteiger partial charge is 0.330 e. The molecule has 0 fully saturated rings. The van der Waals surface area contributed by atoms with Crippen LogP contribution < -0.4 is 5.32 Å². The minimum Gasteiger partial charge on any atom is -0.463 e. The molecular weight excluding hydrogens is 220 g/mol. The Hall–Kier alpha value is -1.36. The fourth-order valence-electron chi connectivity index (χ4n) is 1.39. The Bertz CT molecular complexity index is 277. The quantitative estimate of drug-likeness (QED) is 0.519. The van der Waals surface area contributed by atoms with Gasteiger partial charge in [0, 0.05) is 32.1 Å². The van der Waals surface area contributed by atoms with Crippen LogP contribution in [0.3, 0.4) is 0 Å². The topological polar surface area (TPSA) is 58.6 Å². The lowest BCUT2D eigenvalue weighted by molar-refractivity contribution is -0.137. The van der Waals surface area contributed by atoms with Gasteiger partial charge in [-0.2, -0.15) is 0 Å². The lowest BCUT2D eigenvalue weighted by Crippen LogP contribution is -2.34. The number of hydrogen-bond acceptors (Lipinski definition) is 4. The van der Waals surface area contributed by atoms with E-state index in [1.165, 1.54) is 6.08 Å². The van der Waals surface area contributed by atoms with Crippen LogP contribution in [-0.4, -0.2) is 50.6 Å². The van der Waals surface area contributed by atoms with Gasteiger partial charge in [0.15, 0.2) is 0 Å². The first kappa shape index (κ1) is 15.6. The summed E-state index contributed by atoms with van der Waals surface area (Å²) in [6, 6.07) is 0. The molecule has 0 aromatic carbocycles. The molecule has 0 heterocycles.